The summed E-state index contributed by atoms with van der Waals surface area (Å²) < 4.78 is 6.64. The van der Waals surface area contributed by atoms with Crippen LogP contribution in [-0.2, 0) is 4.79 Å². The summed E-state index contributed by atoms with van der Waals surface area (Å²) in [5, 5.41) is 12.1. The van der Waals surface area contributed by atoms with Crippen molar-refractivity contribution in [3.63, 3.8) is 0 Å². The summed E-state index contributed by atoms with van der Waals surface area (Å²) in [6, 6.07) is 12.1. The van der Waals surface area contributed by atoms with Crippen molar-refractivity contribution in [3.8, 4) is 17.1 Å². The first kappa shape index (κ1) is 19.3. The molecule has 7 nitrogen and oxygen atoms in total. The zero-order valence-electron chi connectivity index (χ0n) is 14.1. The van der Waals surface area contributed by atoms with Gasteiger partial charge < -0.3 is 15.9 Å². The minimum Gasteiger partial charge on any atom is -0.496 e. The van der Waals surface area contributed by atoms with Crippen LogP contribution in [0.25, 0.3) is 11.4 Å². The summed E-state index contributed by atoms with van der Waals surface area (Å²) in [6.07, 6.45) is 0. The van der Waals surface area contributed by atoms with Crippen LogP contribution in [0.1, 0.15) is 0 Å². The summed E-state index contributed by atoms with van der Waals surface area (Å²) in [5.41, 5.74) is 1.22. The molecule has 10 heteroatoms. The van der Waals surface area contributed by atoms with Crippen molar-refractivity contribution in [2.75, 3.05) is 24.0 Å². The van der Waals surface area contributed by atoms with Crippen LogP contribution < -0.4 is 15.9 Å². The van der Waals surface area contributed by atoms with Crippen LogP contribution in [0.2, 0.25) is 10.0 Å². The Labute approximate surface area is 169 Å². The molecule has 3 N–H and O–H groups in total. The lowest BCUT2D eigenvalue weighted by Gasteiger charge is -2.08. The fraction of sp³-hybridized carbons (Fsp3) is 0.118. The van der Waals surface area contributed by atoms with E-state index in [-0.39, 0.29) is 11.7 Å². The number of nitrogens with one attached hydrogen (secondary N) is 1. The van der Waals surface area contributed by atoms with Crippen LogP contribution in [0.15, 0.2) is 47.6 Å². The first-order chi connectivity index (χ1) is 13.0. The number of para-hydroxylation sites is 1. The molecule has 3 rings (SSSR count). The van der Waals surface area contributed by atoms with E-state index in [0.717, 1.165) is 11.8 Å². The second kappa shape index (κ2) is 8.51. The SMILES string of the molecule is COc1ccccc1-c1nnc(SCC(=O)Nc2cc(Cl)cc(Cl)c2)n1N. The van der Waals surface area contributed by atoms with Gasteiger partial charge in [0, 0.05) is 15.7 Å². The largest absolute Gasteiger partial charge is 0.496 e. The van der Waals surface area contributed by atoms with Gasteiger partial charge >= 0.3 is 0 Å². The number of hydrogen-bond donors (Lipinski definition) is 2. The Morgan fingerprint density at radius 3 is 2.63 bits per heavy atom. The number of amides is 1. The molecule has 0 aliphatic rings. The lowest BCUT2D eigenvalue weighted by Crippen LogP contribution is -2.16. The first-order valence-electron chi connectivity index (χ1n) is 7.70. The van der Waals surface area contributed by atoms with Crippen LogP contribution in [0.3, 0.4) is 0 Å². The molecule has 0 bridgehead atoms. The summed E-state index contributed by atoms with van der Waals surface area (Å²) in [6.45, 7) is 0. The third-order valence-corrected chi connectivity index (χ3v) is 4.87. The summed E-state index contributed by atoms with van der Waals surface area (Å²) in [7, 11) is 1.57. The molecule has 0 aliphatic heterocycles. The summed E-state index contributed by atoms with van der Waals surface area (Å²) in [4.78, 5) is 12.2. The Morgan fingerprint density at radius 2 is 1.93 bits per heavy atom. The number of nitrogens with two attached hydrogens (primary N) is 1. The van der Waals surface area contributed by atoms with Gasteiger partial charge in [0.1, 0.15) is 5.75 Å². The van der Waals surface area contributed by atoms with E-state index in [1.54, 1.807) is 31.4 Å². The molecule has 0 radical (unpaired) electrons. The molecule has 2 aromatic carbocycles. The van der Waals surface area contributed by atoms with Gasteiger partial charge in [0.2, 0.25) is 11.1 Å². The number of thioether (sulfide) groups is 1. The molecule has 0 fully saturated rings. The van der Waals surface area contributed by atoms with E-state index in [2.05, 4.69) is 15.5 Å². The number of ether oxygens (including phenoxy) is 1. The molecule has 140 valence electrons. The fourth-order valence-electron chi connectivity index (χ4n) is 2.34. The van der Waals surface area contributed by atoms with Crippen molar-refractivity contribution in [2.24, 2.45) is 0 Å². The summed E-state index contributed by atoms with van der Waals surface area (Å²) >= 11 is 13.0. The maximum absolute atomic E-state index is 12.2. The molecule has 0 atom stereocenters. The number of nitrogens with zero attached hydrogens (tertiary/aromatic N) is 3. The minimum atomic E-state index is -0.250. The van der Waals surface area contributed by atoms with Crippen LogP contribution in [0.4, 0.5) is 5.69 Å². The monoisotopic (exact) mass is 423 g/mol. The van der Waals surface area contributed by atoms with Gasteiger partial charge in [-0.15, -0.1) is 10.2 Å². The van der Waals surface area contributed by atoms with Gasteiger partial charge in [0.15, 0.2) is 5.82 Å². The number of halogens is 2. The van der Waals surface area contributed by atoms with E-state index in [9.17, 15) is 4.79 Å². The van der Waals surface area contributed by atoms with E-state index in [4.69, 9.17) is 33.8 Å². The second-order valence-electron chi connectivity index (χ2n) is 5.37. The highest BCUT2D eigenvalue weighted by Gasteiger charge is 2.16. The third-order valence-electron chi connectivity index (χ3n) is 3.49. The number of carbonyl (C=O) groups is 1. The van der Waals surface area contributed by atoms with Gasteiger partial charge in [-0.05, 0) is 30.3 Å². The van der Waals surface area contributed by atoms with E-state index >= 15 is 0 Å². The van der Waals surface area contributed by atoms with Crippen LogP contribution in [-0.4, -0.2) is 33.6 Å². The molecular weight excluding hydrogens is 409 g/mol. The summed E-state index contributed by atoms with van der Waals surface area (Å²) in [5.74, 6) is 7.00. The number of nitrogen functional groups attached to an aromatic ring is 1. The highest BCUT2D eigenvalue weighted by atomic mass is 35.5. The van der Waals surface area contributed by atoms with Gasteiger partial charge in [-0.3, -0.25) is 4.79 Å². The topological polar surface area (TPSA) is 95.1 Å². The fourth-order valence-corrected chi connectivity index (χ4v) is 3.52. The molecule has 0 saturated carbocycles. The predicted molar refractivity (Wildman–Crippen MR) is 108 cm³/mol. The van der Waals surface area contributed by atoms with Crippen molar-refractivity contribution in [1.82, 2.24) is 14.9 Å². The molecule has 0 saturated heterocycles. The van der Waals surface area contributed by atoms with Crippen molar-refractivity contribution in [2.45, 2.75) is 5.16 Å². The van der Waals surface area contributed by atoms with Gasteiger partial charge in [-0.1, -0.05) is 47.1 Å². The van der Waals surface area contributed by atoms with Crippen LogP contribution >= 0.6 is 35.0 Å². The number of anilines is 1. The van der Waals surface area contributed by atoms with E-state index < -0.39 is 0 Å². The maximum Gasteiger partial charge on any atom is 0.234 e. The van der Waals surface area contributed by atoms with Crippen molar-refractivity contribution in [1.29, 1.82) is 0 Å². The third kappa shape index (κ3) is 4.65. The van der Waals surface area contributed by atoms with Crippen LogP contribution in [0.5, 0.6) is 5.75 Å². The van der Waals surface area contributed by atoms with E-state index in [1.165, 1.54) is 4.68 Å². The number of aromatic nitrogens is 3. The van der Waals surface area contributed by atoms with Crippen molar-refractivity contribution < 1.29 is 9.53 Å². The Balaban J connectivity index is 1.68. The van der Waals surface area contributed by atoms with Crippen LogP contribution in [0, 0.1) is 0 Å². The van der Waals surface area contributed by atoms with Crippen molar-refractivity contribution >= 4 is 46.6 Å². The quantitative estimate of drug-likeness (QED) is 0.463. The minimum absolute atomic E-state index is 0.0887. The number of methoxy groups -OCH3 is 1. The lowest BCUT2D eigenvalue weighted by atomic mass is 10.2. The number of hydrogen-bond acceptors (Lipinski definition) is 6. The average Bonchev–Trinajstić information content (AvgIpc) is 2.99. The number of benzene rings is 2. The smallest absolute Gasteiger partial charge is 0.234 e. The molecule has 3 aromatic rings. The normalized spacial score (nSPS) is 10.6. The Morgan fingerprint density at radius 1 is 1.22 bits per heavy atom. The highest BCUT2D eigenvalue weighted by Crippen LogP contribution is 2.29. The van der Waals surface area contributed by atoms with Gasteiger partial charge in [-0.25, -0.2) is 4.68 Å². The van der Waals surface area contributed by atoms with Gasteiger partial charge in [-0.2, -0.15) is 0 Å². The molecule has 0 aliphatic carbocycles. The van der Waals surface area contributed by atoms with Crippen molar-refractivity contribution in [3.05, 3.63) is 52.5 Å². The van der Waals surface area contributed by atoms with Gasteiger partial charge in [0.25, 0.3) is 0 Å². The zero-order valence-corrected chi connectivity index (χ0v) is 16.5. The predicted octanol–water partition coefficient (Wildman–Crippen LogP) is 3.71. The molecule has 0 spiro atoms. The standard InChI is InChI=1S/C17H15Cl2N5O2S/c1-26-14-5-3-2-4-13(14)16-22-23-17(24(16)20)27-9-15(25)21-12-7-10(18)6-11(19)8-12/h2-8H,9,20H2,1H3,(H,21,25). The average molecular weight is 424 g/mol. The highest BCUT2D eigenvalue weighted by molar-refractivity contribution is 7.99. The Hall–Kier alpha value is -2.42. The molecule has 1 amide bonds. The van der Waals surface area contributed by atoms with Gasteiger partial charge in [0.05, 0.1) is 18.4 Å². The van der Waals surface area contributed by atoms with E-state index in [1.807, 2.05) is 18.2 Å². The number of rotatable bonds is 6. The lowest BCUT2D eigenvalue weighted by molar-refractivity contribution is -0.113. The molecule has 27 heavy (non-hydrogen) atoms. The van der Waals surface area contributed by atoms with E-state index in [0.29, 0.717) is 38.0 Å². The first-order valence-corrected chi connectivity index (χ1v) is 9.44. The maximum atomic E-state index is 12.2. The second-order valence-corrected chi connectivity index (χ2v) is 7.19. The molecule has 0 unspecified atom stereocenters. The zero-order chi connectivity index (χ0) is 19.4. The molecular formula is C17H15Cl2N5O2S. The number of carbonyl (C=O) groups excluding carboxylic acids is 1. The molecule has 1 heterocycles. The molecule has 1 aromatic heterocycles. The Bertz CT molecular complexity index is 959. The Kier molecular flexibility index (Phi) is 6.10.